The molecular weight excluding hydrogens is 252 g/mol. The van der Waals surface area contributed by atoms with E-state index in [0.717, 1.165) is 6.07 Å². The molecule has 0 aliphatic rings. The highest BCUT2D eigenvalue weighted by molar-refractivity contribution is 5.56. The van der Waals surface area contributed by atoms with Gasteiger partial charge in [0.25, 0.3) is 5.69 Å². The zero-order valence-electron chi connectivity index (χ0n) is 10.4. The third kappa shape index (κ3) is 2.81. The van der Waals surface area contributed by atoms with Gasteiger partial charge in [0, 0.05) is 0 Å². The fraction of sp³-hybridized carbons (Fsp3) is 0.250. The molecule has 0 aromatic heterocycles. The molecule has 19 heavy (non-hydrogen) atoms. The highest BCUT2D eigenvalue weighted by atomic mass is 16.6. The van der Waals surface area contributed by atoms with Crippen LogP contribution in [-0.2, 0) is 0 Å². The lowest BCUT2D eigenvalue weighted by Crippen LogP contribution is -2.05. The number of rotatable bonds is 5. The summed E-state index contributed by atoms with van der Waals surface area (Å²) in [6, 6.07) is 4.04. The highest BCUT2D eigenvalue weighted by Crippen LogP contribution is 2.38. The summed E-state index contributed by atoms with van der Waals surface area (Å²) in [5.41, 5.74) is -0.647. The molecule has 0 bridgehead atoms. The van der Waals surface area contributed by atoms with Crippen LogP contribution in [0.15, 0.2) is 24.3 Å². The van der Waals surface area contributed by atoms with Crippen molar-refractivity contribution in [2.75, 3.05) is 14.2 Å². The van der Waals surface area contributed by atoms with E-state index in [9.17, 15) is 15.2 Å². The molecule has 0 fully saturated rings. The third-order valence-corrected chi connectivity index (χ3v) is 2.50. The van der Waals surface area contributed by atoms with E-state index in [4.69, 9.17) is 14.7 Å². The van der Waals surface area contributed by atoms with E-state index >= 15 is 0 Å². The molecule has 100 valence electrons. The van der Waals surface area contributed by atoms with E-state index in [1.165, 1.54) is 20.3 Å². The van der Waals surface area contributed by atoms with Gasteiger partial charge in [-0.15, -0.1) is 0 Å². The number of nitrogens with zero attached hydrogens (tertiary/aromatic N) is 2. The molecule has 1 N–H and O–H groups in total. The first-order chi connectivity index (χ1) is 8.96. The van der Waals surface area contributed by atoms with E-state index in [2.05, 4.69) is 6.58 Å². The summed E-state index contributed by atoms with van der Waals surface area (Å²) in [5.74, 6) is 0.376. The number of benzene rings is 1. The molecule has 1 atom stereocenters. The Bertz CT molecular complexity index is 562. The number of aliphatic hydroxyl groups is 1. The van der Waals surface area contributed by atoms with Crippen molar-refractivity contribution in [2.45, 2.75) is 6.10 Å². The molecule has 0 saturated carbocycles. The van der Waals surface area contributed by atoms with Crippen LogP contribution in [0, 0.1) is 21.4 Å². The van der Waals surface area contributed by atoms with Crippen LogP contribution in [0.2, 0.25) is 0 Å². The SMILES string of the molecule is C=C(C#N)C(O)c1cc(OC)c(OC)cc1[N+](=O)[O-]. The maximum atomic E-state index is 11.0. The number of hydrogen-bond donors (Lipinski definition) is 1. The summed E-state index contributed by atoms with van der Waals surface area (Å²) in [6.07, 6.45) is -1.47. The molecule has 0 radical (unpaired) electrons. The average molecular weight is 264 g/mol. The monoisotopic (exact) mass is 264 g/mol. The number of hydrogen-bond acceptors (Lipinski definition) is 6. The van der Waals surface area contributed by atoms with Crippen molar-refractivity contribution >= 4 is 5.69 Å². The third-order valence-electron chi connectivity index (χ3n) is 2.50. The standard InChI is InChI=1S/C12H12N2O5/c1-7(6-13)12(15)8-4-10(18-2)11(19-3)5-9(8)14(16)17/h4-5,12,15H,1H2,2-3H3. The molecule has 0 spiro atoms. The van der Waals surface area contributed by atoms with Crippen LogP contribution in [0.3, 0.4) is 0 Å². The largest absolute Gasteiger partial charge is 0.493 e. The normalized spacial score (nSPS) is 11.3. The Hall–Kier alpha value is -2.59. The summed E-state index contributed by atoms with van der Waals surface area (Å²) in [6.45, 7) is 3.34. The molecule has 7 heteroatoms. The van der Waals surface area contributed by atoms with Gasteiger partial charge in [-0.1, -0.05) is 6.58 Å². The van der Waals surface area contributed by atoms with E-state index in [1.807, 2.05) is 0 Å². The molecule has 7 nitrogen and oxygen atoms in total. The van der Waals surface area contributed by atoms with Gasteiger partial charge in [-0.3, -0.25) is 10.1 Å². The van der Waals surface area contributed by atoms with Crippen LogP contribution < -0.4 is 9.47 Å². The summed E-state index contributed by atoms with van der Waals surface area (Å²) in [5, 5.41) is 29.6. The van der Waals surface area contributed by atoms with Crippen LogP contribution in [0.25, 0.3) is 0 Å². The summed E-state index contributed by atoms with van der Waals surface area (Å²) >= 11 is 0. The average Bonchev–Trinajstić information content (AvgIpc) is 2.43. The number of nitro groups is 1. The van der Waals surface area contributed by atoms with Crippen molar-refractivity contribution in [1.29, 1.82) is 5.26 Å². The Morgan fingerprint density at radius 2 is 2.00 bits per heavy atom. The molecule has 0 aliphatic heterocycles. The van der Waals surface area contributed by atoms with E-state index in [0.29, 0.717) is 0 Å². The van der Waals surface area contributed by atoms with Gasteiger partial charge in [0.1, 0.15) is 6.10 Å². The number of methoxy groups -OCH3 is 2. The maximum Gasteiger partial charge on any atom is 0.279 e. The zero-order chi connectivity index (χ0) is 14.6. The Morgan fingerprint density at radius 1 is 1.47 bits per heavy atom. The van der Waals surface area contributed by atoms with Gasteiger partial charge >= 0.3 is 0 Å². The first kappa shape index (κ1) is 14.5. The van der Waals surface area contributed by atoms with Crippen molar-refractivity contribution in [3.05, 3.63) is 40.0 Å². The number of nitro benzene ring substituents is 1. The molecular formula is C12H12N2O5. The predicted octanol–water partition coefficient (Wildman–Crippen LogP) is 1.73. The van der Waals surface area contributed by atoms with Gasteiger partial charge in [0.2, 0.25) is 0 Å². The lowest BCUT2D eigenvalue weighted by atomic mass is 10.0. The van der Waals surface area contributed by atoms with E-state index in [-0.39, 0.29) is 28.3 Å². The summed E-state index contributed by atoms with van der Waals surface area (Å²) in [7, 11) is 2.70. The van der Waals surface area contributed by atoms with Gasteiger partial charge in [-0.2, -0.15) is 5.26 Å². The maximum absolute atomic E-state index is 11.0. The Kier molecular flexibility index (Phi) is 4.45. The van der Waals surface area contributed by atoms with Crippen molar-refractivity contribution in [2.24, 2.45) is 0 Å². The zero-order valence-corrected chi connectivity index (χ0v) is 10.4. The molecule has 1 aromatic rings. The minimum atomic E-state index is -1.47. The van der Waals surface area contributed by atoms with Crippen molar-refractivity contribution in [1.82, 2.24) is 0 Å². The molecule has 0 amide bonds. The Morgan fingerprint density at radius 3 is 2.42 bits per heavy atom. The van der Waals surface area contributed by atoms with Crippen molar-refractivity contribution < 1.29 is 19.5 Å². The minimum absolute atomic E-state index is 0.0748. The Balaban J connectivity index is 3.48. The molecule has 1 aromatic carbocycles. The molecule has 1 rings (SSSR count). The minimum Gasteiger partial charge on any atom is -0.493 e. The van der Waals surface area contributed by atoms with Crippen LogP contribution in [0.1, 0.15) is 11.7 Å². The number of aliphatic hydroxyl groups excluding tert-OH is 1. The lowest BCUT2D eigenvalue weighted by molar-refractivity contribution is -0.386. The van der Waals surface area contributed by atoms with Crippen LogP contribution in [0.4, 0.5) is 5.69 Å². The fourth-order valence-corrected chi connectivity index (χ4v) is 1.51. The topological polar surface area (TPSA) is 106 Å². The summed E-state index contributed by atoms with van der Waals surface area (Å²) < 4.78 is 9.95. The van der Waals surface area contributed by atoms with Gasteiger partial charge in [-0.05, 0) is 6.07 Å². The van der Waals surface area contributed by atoms with Crippen LogP contribution in [-0.4, -0.2) is 24.2 Å². The number of nitriles is 1. The number of ether oxygens (including phenoxy) is 2. The summed E-state index contributed by atoms with van der Waals surface area (Å²) in [4.78, 5) is 10.3. The van der Waals surface area contributed by atoms with Crippen molar-refractivity contribution in [3.63, 3.8) is 0 Å². The van der Waals surface area contributed by atoms with Gasteiger partial charge in [0.15, 0.2) is 11.5 Å². The molecule has 0 heterocycles. The lowest BCUT2D eigenvalue weighted by Gasteiger charge is -2.13. The first-order valence-corrected chi connectivity index (χ1v) is 5.13. The first-order valence-electron chi connectivity index (χ1n) is 5.13. The highest BCUT2D eigenvalue weighted by Gasteiger charge is 2.26. The van der Waals surface area contributed by atoms with Crippen LogP contribution >= 0.6 is 0 Å². The van der Waals surface area contributed by atoms with E-state index in [1.54, 1.807) is 6.07 Å². The second-order valence-corrected chi connectivity index (χ2v) is 3.56. The fourth-order valence-electron chi connectivity index (χ4n) is 1.51. The quantitative estimate of drug-likeness (QED) is 0.493. The second kappa shape index (κ2) is 5.84. The van der Waals surface area contributed by atoms with Gasteiger partial charge < -0.3 is 14.6 Å². The Labute approximate surface area is 109 Å². The van der Waals surface area contributed by atoms with Crippen molar-refractivity contribution in [3.8, 4) is 17.6 Å². The smallest absolute Gasteiger partial charge is 0.279 e. The molecule has 1 unspecified atom stereocenters. The van der Waals surface area contributed by atoms with Crippen LogP contribution in [0.5, 0.6) is 11.5 Å². The van der Waals surface area contributed by atoms with Gasteiger partial charge in [-0.25, -0.2) is 0 Å². The predicted molar refractivity (Wildman–Crippen MR) is 65.9 cm³/mol. The van der Waals surface area contributed by atoms with E-state index < -0.39 is 11.0 Å². The molecule has 0 aliphatic carbocycles. The van der Waals surface area contributed by atoms with Gasteiger partial charge in [0.05, 0.1) is 42.4 Å². The second-order valence-electron chi connectivity index (χ2n) is 3.56. The molecule has 0 saturated heterocycles.